The third kappa shape index (κ3) is 7.27. The van der Waals surface area contributed by atoms with Crippen molar-refractivity contribution in [1.82, 2.24) is 9.78 Å². The monoisotopic (exact) mass is 575 g/mol. The topological polar surface area (TPSA) is 80.5 Å². The molecule has 0 amide bonds. The summed E-state index contributed by atoms with van der Waals surface area (Å²) in [5.74, 6) is 1.15. The number of aryl methyl sites for hydroxylation is 1. The lowest BCUT2D eigenvalue weighted by atomic mass is 10.1. The van der Waals surface area contributed by atoms with E-state index in [-0.39, 0.29) is 6.61 Å². The van der Waals surface area contributed by atoms with Crippen molar-refractivity contribution in [3.8, 4) is 5.69 Å². The lowest BCUT2D eigenvalue weighted by molar-refractivity contribution is 0.0523. The van der Waals surface area contributed by atoms with Gasteiger partial charge in [0, 0.05) is 11.4 Å². The molecule has 0 saturated carbocycles. The average Bonchev–Trinajstić information content (AvgIpc) is 3.39. The molecule has 0 spiro atoms. The average molecular weight is 576 g/mol. The molecule has 0 aliphatic rings. The van der Waals surface area contributed by atoms with Crippen LogP contribution in [0.2, 0.25) is 0 Å². The van der Waals surface area contributed by atoms with Gasteiger partial charge < -0.3 is 15.4 Å². The first-order chi connectivity index (χ1) is 20.6. The Balaban J connectivity index is 1.59. The molecule has 0 aliphatic heterocycles. The SMILES string of the molecule is CCOC(=O)c1c(SCc2ccccc2)nn(-c2ccccc2)c1NC(=NCc1ccccc1C)Nc1ccccc1. The molecule has 1 aromatic heterocycles. The van der Waals surface area contributed by atoms with Gasteiger partial charge in [-0.25, -0.2) is 14.5 Å². The van der Waals surface area contributed by atoms with E-state index in [9.17, 15) is 4.79 Å². The van der Waals surface area contributed by atoms with Crippen LogP contribution in [-0.2, 0) is 17.0 Å². The number of aromatic nitrogens is 2. The zero-order chi connectivity index (χ0) is 29.1. The molecule has 0 fully saturated rings. The van der Waals surface area contributed by atoms with Crippen molar-refractivity contribution in [2.45, 2.75) is 31.2 Å². The van der Waals surface area contributed by atoms with Crippen molar-refractivity contribution in [3.63, 3.8) is 0 Å². The molecule has 7 nitrogen and oxygen atoms in total. The number of hydrogen-bond donors (Lipinski definition) is 2. The first-order valence-electron chi connectivity index (χ1n) is 13.8. The highest BCUT2D eigenvalue weighted by molar-refractivity contribution is 7.98. The number of nitrogens with zero attached hydrogens (tertiary/aromatic N) is 3. The van der Waals surface area contributed by atoms with Crippen LogP contribution in [-0.4, -0.2) is 28.3 Å². The Kier molecular flexibility index (Phi) is 9.69. The van der Waals surface area contributed by atoms with Crippen LogP contribution in [0.5, 0.6) is 0 Å². The molecular weight excluding hydrogens is 542 g/mol. The lowest BCUT2D eigenvalue weighted by Crippen LogP contribution is -2.25. The summed E-state index contributed by atoms with van der Waals surface area (Å²) in [5.41, 5.74) is 5.41. The predicted molar refractivity (Wildman–Crippen MR) is 172 cm³/mol. The third-order valence-corrected chi connectivity index (χ3v) is 7.53. The van der Waals surface area contributed by atoms with Crippen LogP contribution in [0.4, 0.5) is 11.5 Å². The minimum Gasteiger partial charge on any atom is -0.462 e. The number of benzene rings is 4. The minimum atomic E-state index is -0.448. The molecule has 0 radical (unpaired) electrons. The van der Waals surface area contributed by atoms with E-state index in [0.717, 1.165) is 28.1 Å². The molecule has 5 aromatic rings. The van der Waals surface area contributed by atoms with E-state index in [2.05, 4.69) is 41.8 Å². The Bertz CT molecular complexity index is 1640. The number of para-hydroxylation sites is 2. The largest absolute Gasteiger partial charge is 0.462 e. The van der Waals surface area contributed by atoms with Crippen LogP contribution < -0.4 is 10.6 Å². The van der Waals surface area contributed by atoms with Gasteiger partial charge in [-0.2, -0.15) is 5.10 Å². The van der Waals surface area contributed by atoms with E-state index >= 15 is 0 Å². The van der Waals surface area contributed by atoms with Crippen LogP contribution in [0.3, 0.4) is 0 Å². The molecule has 212 valence electrons. The van der Waals surface area contributed by atoms with E-state index < -0.39 is 5.97 Å². The molecule has 0 atom stereocenters. The number of thioether (sulfide) groups is 1. The standard InChI is InChI=1S/C34H33N5O2S/c1-3-41-33(40)30-31(37-34(36-28-19-9-5-10-20-28)35-23-27-18-14-13-15-25(27)2)39(29-21-11-6-12-22-29)38-32(30)42-24-26-16-7-4-8-17-26/h4-22H,3,23-24H2,1-2H3,(H2,35,36,37). The van der Waals surface area contributed by atoms with Crippen molar-refractivity contribution >= 4 is 35.2 Å². The van der Waals surface area contributed by atoms with Crippen LogP contribution in [0.25, 0.3) is 5.69 Å². The summed E-state index contributed by atoms with van der Waals surface area (Å²) in [7, 11) is 0. The molecule has 2 N–H and O–H groups in total. The molecule has 42 heavy (non-hydrogen) atoms. The Labute approximate surface area is 250 Å². The number of esters is 1. The van der Waals surface area contributed by atoms with Crippen LogP contribution in [0, 0.1) is 6.92 Å². The Morgan fingerprint density at radius 2 is 1.50 bits per heavy atom. The van der Waals surface area contributed by atoms with Crippen LogP contribution >= 0.6 is 11.8 Å². The second kappa shape index (κ2) is 14.2. The fraction of sp³-hybridized carbons (Fsp3) is 0.147. The highest BCUT2D eigenvalue weighted by atomic mass is 32.2. The van der Waals surface area contributed by atoms with Crippen LogP contribution in [0.1, 0.15) is 34.0 Å². The normalized spacial score (nSPS) is 11.2. The van der Waals surface area contributed by atoms with E-state index in [1.54, 1.807) is 11.6 Å². The summed E-state index contributed by atoms with van der Waals surface area (Å²) < 4.78 is 7.30. The lowest BCUT2D eigenvalue weighted by Gasteiger charge is -2.16. The van der Waals surface area contributed by atoms with Gasteiger partial charge in [0.2, 0.25) is 5.96 Å². The van der Waals surface area contributed by atoms with Crippen molar-refractivity contribution in [1.29, 1.82) is 0 Å². The summed E-state index contributed by atoms with van der Waals surface area (Å²) in [6, 6.07) is 37.8. The molecule has 0 saturated heterocycles. The van der Waals surface area contributed by atoms with Crippen molar-refractivity contribution in [3.05, 3.63) is 138 Å². The van der Waals surface area contributed by atoms with Gasteiger partial charge in [0.25, 0.3) is 0 Å². The number of carbonyl (C=O) groups excluding carboxylic acids is 1. The van der Waals surface area contributed by atoms with Gasteiger partial charge in [-0.1, -0.05) is 103 Å². The number of aliphatic imine (C=N–C) groups is 1. The van der Waals surface area contributed by atoms with Gasteiger partial charge in [-0.3, -0.25) is 0 Å². The number of hydrogen-bond acceptors (Lipinski definition) is 5. The minimum absolute atomic E-state index is 0.244. The summed E-state index contributed by atoms with van der Waals surface area (Å²) in [4.78, 5) is 18.4. The first-order valence-corrected chi connectivity index (χ1v) is 14.8. The van der Waals surface area contributed by atoms with Crippen LogP contribution in [0.15, 0.2) is 125 Å². The van der Waals surface area contributed by atoms with Gasteiger partial charge in [0.15, 0.2) is 5.82 Å². The molecular formula is C34H33N5O2S. The van der Waals surface area contributed by atoms with E-state index in [0.29, 0.717) is 34.7 Å². The van der Waals surface area contributed by atoms with Crippen molar-refractivity contribution in [2.75, 3.05) is 17.2 Å². The van der Waals surface area contributed by atoms with E-state index in [1.165, 1.54) is 11.8 Å². The van der Waals surface area contributed by atoms with Gasteiger partial charge in [0.05, 0.1) is 18.8 Å². The fourth-order valence-electron chi connectivity index (χ4n) is 4.32. The summed E-state index contributed by atoms with van der Waals surface area (Å²) in [6.45, 7) is 4.56. The Morgan fingerprint density at radius 3 is 2.19 bits per heavy atom. The van der Waals surface area contributed by atoms with Gasteiger partial charge in [-0.05, 0) is 54.8 Å². The van der Waals surface area contributed by atoms with E-state index in [1.807, 2.05) is 91.0 Å². The van der Waals surface area contributed by atoms with E-state index in [4.69, 9.17) is 14.8 Å². The van der Waals surface area contributed by atoms with Gasteiger partial charge in [0.1, 0.15) is 10.6 Å². The molecule has 1 heterocycles. The Morgan fingerprint density at radius 1 is 0.857 bits per heavy atom. The molecule has 0 unspecified atom stereocenters. The third-order valence-electron chi connectivity index (χ3n) is 6.49. The first kappa shape index (κ1) is 28.7. The number of carbonyl (C=O) groups is 1. The Hall–Kier alpha value is -4.82. The quantitative estimate of drug-likeness (QED) is 0.0768. The second-order valence-electron chi connectivity index (χ2n) is 9.48. The highest BCUT2D eigenvalue weighted by Gasteiger charge is 2.27. The summed E-state index contributed by atoms with van der Waals surface area (Å²) >= 11 is 1.49. The fourth-order valence-corrected chi connectivity index (χ4v) is 5.28. The zero-order valence-corrected chi connectivity index (χ0v) is 24.5. The number of anilines is 2. The molecule has 5 rings (SSSR count). The smallest absolute Gasteiger partial charge is 0.344 e. The maximum Gasteiger partial charge on any atom is 0.344 e. The second-order valence-corrected chi connectivity index (χ2v) is 10.4. The van der Waals surface area contributed by atoms with Gasteiger partial charge >= 0.3 is 5.97 Å². The molecule has 8 heteroatoms. The molecule has 4 aromatic carbocycles. The predicted octanol–water partition coefficient (Wildman–Crippen LogP) is 7.73. The maximum atomic E-state index is 13.5. The van der Waals surface area contributed by atoms with Crippen molar-refractivity contribution < 1.29 is 9.53 Å². The number of rotatable bonds is 10. The molecule has 0 bridgehead atoms. The maximum absolute atomic E-state index is 13.5. The number of nitrogens with one attached hydrogen (secondary N) is 2. The number of ether oxygens (including phenoxy) is 1. The summed E-state index contributed by atoms with van der Waals surface area (Å²) in [5, 5.41) is 12.3. The van der Waals surface area contributed by atoms with Gasteiger partial charge in [-0.15, -0.1) is 0 Å². The van der Waals surface area contributed by atoms with Crippen molar-refractivity contribution in [2.24, 2.45) is 4.99 Å². The summed E-state index contributed by atoms with van der Waals surface area (Å²) in [6.07, 6.45) is 0. The number of guanidine groups is 1. The zero-order valence-electron chi connectivity index (χ0n) is 23.7. The molecule has 0 aliphatic carbocycles. The highest BCUT2D eigenvalue weighted by Crippen LogP contribution is 2.33.